The minimum absolute atomic E-state index is 0.110. The maximum absolute atomic E-state index is 14.7. The van der Waals surface area contributed by atoms with E-state index in [1.807, 2.05) is 18.2 Å². The number of nitrogens with zero attached hydrogens (tertiary/aromatic N) is 3. The fourth-order valence-corrected chi connectivity index (χ4v) is 6.11. The van der Waals surface area contributed by atoms with E-state index in [1.54, 1.807) is 30.3 Å². The zero-order chi connectivity index (χ0) is 28.5. The maximum Gasteiger partial charge on any atom is 0.255 e. The molecule has 3 aliphatic heterocycles. The lowest BCUT2D eigenvalue weighted by atomic mass is 9.85. The van der Waals surface area contributed by atoms with Gasteiger partial charge in [0.2, 0.25) is 11.8 Å². The molecule has 2 saturated heterocycles. The molecule has 3 heterocycles. The Kier molecular flexibility index (Phi) is 7.25. The Morgan fingerprint density at radius 1 is 0.976 bits per heavy atom. The van der Waals surface area contributed by atoms with Crippen molar-refractivity contribution in [1.82, 2.24) is 15.1 Å². The normalized spacial score (nSPS) is 19.6. The van der Waals surface area contributed by atoms with Gasteiger partial charge in [0.15, 0.2) is 5.69 Å². The molecule has 3 aromatic carbocycles. The molecule has 2 fully saturated rings. The first-order valence-corrected chi connectivity index (χ1v) is 13.8. The van der Waals surface area contributed by atoms with Gasteiger partial charge in [-0.25, -0.2) is 9.24 Å². The third kappa shape index (κ3) is 5.56. The summed E-state index contributed by atoms with van der Waals surface area (Å²) < 4.78 is 20.7. The molecule has 0 aromatic heterocycles. The fraction of sp³-hybridized carbons (Fsp3) is 0.312. The number of ether oxygens (including phenoxy) is 1. The Bertz CT molecular complexity index is 1560. The fourth-order valence-electron chi connectivity index (χ4n) is 6.11. The summed E-state index contributed by atoms with van der Waals surface area (Å²) in [5.74, 6) is -0.0811. The first kappa shape index (κ1) is 26.7. The summed E-state index contributed by atoms with van der Waals surface area (Å²) in [4.78, 5) is 44.5. The molecule has 1 unspecified atom stereocenters. The molecule has 3 aromatic rings. The average molecular weight is 553 g/mol. The van der Waals surface area contributed by atoms with E-state index in [0.29, 0.717) is 17.0 Å². The van der Waals surface area contributed by atoms with Crippen molar-refractivity contribution in [2.75, 3.05) is 13.1 Å². The van der Waals surface area contributed by atoms with Crippen molar-refractivity contribution < 1.29 is 23.5 Å². The van der Waals surface area contributed by atoms with Gasteiger partial charge in [-0.15, -0.1) is 0 Å². The van der Waals surface area contributed by atoms with Gasteiger partial charge >= 0.3 is 0 Å². The van der Waals surface area contributed by atoms with Crippen molar-refractivity contribution in [2.24, 2.45) is 0 Å². The number of hydrogen-bond acceptors (Lipinski definition) is 5. The van der Waals surface area contributed by atoms with Crippen LogP contribution in [0.2, 0.25) is 0 Å². The second kappa shape index (κ2) is 11.1. The SMILES string of the molecule is [C-]#[N+]c1ccc(Oc2cccc(CN3CCC(c4cc(F)cc5c4CN(C4CCC(=O)NC4=O)C5=O)CC3)c2)cc1. The second-order valence-corrected chi connectivity index (χ2v) is 10.8. The highest BCUT2D eigenvalue weighted by molar-refractivity contribution is 6.05. The first-order valence-electron chi connectivity index (χ1n) is 13.8. The van der Waals surface area contributed by atoms with Crippen LogP contribution in [-0.4, -0.2) is 46.7 Å². The number of imide groups is 1. The average Bonchev–Trinajstić information content (AvgIpc) is 3.29. The van der Waals surface area contributed by atoms with Gasteiger partial charge in [0.25, 0.3) is 5.91 Å². The molecule has 0 saturated carbocycles. The number of amides is 3. The van der Waals surface area contributed by atoms with Crippen LogP contribution < -0.4 is 10.1 Å². The number of nitrogens with one attached hydrogen (secondary N) is 1. The summed E-state index contributed by atoms with van der Waals surface area (Å²) in [6, 6.07) is 17.1. The Morgan fingerprint density at radius 3 is 2.49 bits per heavy atom. The van der Waals surface area contributed by atoms with Gasteiger partial charge in [0.05, 0.1) is 6.57 Å². The van der Waals surface area contributed by atoms with Crippen LogP contribution in [-0.2, 0) is 22.7 Å². The quantitative estimate of drug-likeness (QED) is 0.331. The van der Waals surface area contributed by atoms with Crippen LogP contribution >= 0.6 is 0 Å². The van der Waals surface area contributed by atoms with Gasteiger partial charge in [0, 0.05) is 25.1 Å². The van der Waals surface area contributed by atoms with E-state index >= 15 is 0 Å². The minimum atomic E-state index is -0.719. The molecule has 0 radical (unpaired) electrons. The van der Waals surface area contributed by atoms with Crippen LogP contribution in [0.15, 0.2) is 60.7 Å². The summed E-state index contributed by atoms with van der Waals surface area (Å²) in [6.45, 7) is 9.73. The van der Waals surface area contributed by atoms with E-state index in [2.05, 4.69) is 21.1 Å². The lowest BCUT2D eigenvalue weighted by Crippen LogP contribution is -2.52. The summed E-state index contributed by atoms with van der Waals surface area (Å²) in [7, 11) is 0. The number of rotatable bonds is 6. The highest BCUT2D eigenvalue weighted by Gasteiger charge is 2.41. The number of fused-ring (bicyclic) bond motifs is 1. The van der Waals surface area contributed by atoms with Gasteiger partial charge in [-0.1, -0.05) is 24.3 Å². The first-order chi connectivity index (χ1) is 19.9. The molecule has 41 heavy (non-hydrogen) atoms. The standard InChI is InChI=1S/C32H29FN4O4/c1-34-23-5-7-24(8-6-23)41-25-4-2-3-20(15-25)18-36-13-11-21(12-14-36)26-16-22(33)17-27-28(26)19-37(32(27)40)29-9-10-30(38)35-31(29)39/h2-8,15-17,21,29H,9-14,18-19H2,(H,35,38,39). The number of halogens is 1. The van der Waals surface area contributed by atoms with E-state index in [-0.39, 0.29) is 37.1 Å². The molecule has 1 atom stereocenters. The van der Waals surface area contributed by atoms with E-state index in [1.165, 1.54) is 11.0 Å². The highest BCUT2D eigenvalue weighted by atomic mass is 19.1. The summed E-state index contributed by atoms with van der Waals surface area (Å²) >= 11 is 0. The van der Waals surface area contributed by atoms with Crippen molar-refractivity contribution in [3.05, 3.63) is 100 Å². The molecule has 0 aliphatic carbocycles. The number of hydrogen-bond donors (Lipinski definition) is 1. The molecule has 9 heteroatoms. The largest absolute Gasteiger partial charge is 0.457 e. The van der Waals surface area contributed by atoms with E-state index in [0.717, 1.165) is 54.9 Å². The minimum Gasteiger partial charge on any atom is -0.457 e. The van der Waals surface area contributed by atoms with Crippen LogP contribution in [0.5, 0.6) is 11.5 Å². The number of likely N-dealkylation sites (tertiary alicyclic amines) is 1. The van der Waals surface area contributed by atoms with E-state index < -0.39 is 17.8 Å². The summed E-state index contributed by atoms with van der Waals surface area (Å²) in [5.41, 5.74) is 3.66. The van der Waals surface area contributed by atoms with Gasteiger partial charge in [-0.3, -0.25) is 24.6 Å². The van der Waals surface area contributed by atoms with Gasteiger partial charge < -0.3 is 9.64 Å². The zero-order valence-electron chi connectivity index (χ0n) is 22.4. The van der Waals surface area contributed by atoms with E-state index in [4.69, 9.17) is 11.3 Å². The lowest BCUT2D eigenvalue weighted by Gasteiger charge is -2.33. The van der Waals surface area contributed by atoms with Crippen LogP contribution in [0.1, 0.15) is 58.6 Å². The molecular weight excluding hydrogens is 523 g/mol. The van der Waals surface area contributed by atoms with Crippen molar-refractivity contribution in [2.45, 2.75) is 50.7 Å². The molecule has 0 bridgehead atoms. The molecule has 6 rings (SSSR count). The third-order valence-electron chi connectivity index (χ3n) is 8.19. The Hall–Kier alpha value is -4.55. The lowest BCUT2D eigenvalue weighted by molar-refractivity contribution is -0.136. The Balaban J connectivity index is 1.10. The van der Waals surface area contributed by atoms with Crippen LogP contribution in [0, 0.1) is 12.4 Å². The monoisotopic (exact) mass is 552 g/mol. The van der Waals surface area contributed by atoms with Gasteiger partial charge in [-0.2, -0.15) is 0 Å². The molecule has 0 spiro atoms. The van der Waals surface area contributed by atoms with Gasteiger partial charge in [-0.05, 0) is 91.4 Å². The van der Waals surface area contributed by atoms with Crippen LogP contribution in [0.4, 0.5) is 10.1 Å². The summed E-state index contributed by atoms with van der Waals surface area (Å²) in [6.07, 6.45) is 2.11. The molecular formula is C32H29FN4O4. The number of carbonyl (C=O) groups is 3. The van der Waals surface area contributed by atoms with Crippen molar-refractivity contribution in [1.29, 1.82) is 0 Å². The molecule has 8 nitrogen and oxygen atoms in total. The van der Waals surface area contributed by atoms with Crippen molar-refractivity contribution in [3.8, 4) is 11.5 Å². The van der Waals surface area contributed by atoms with Crippen LogP contribution in [0.25, 0.3) is 4.85 Å². The van der Waals surface area contributed by atoms with E-state index in [9.17, 15) is 18.8 Å². The second-order valence-electron chi connectivity index (χ2n) is 10.8. The molecule has 1 N–H and O–H groups in total. The van der Waals surface area contributed by atoms with Gasteiger partial charge in [0.1, 0.15) is 23.4 Å². The number of carbonyl (C=O) groups excluding carboxylic acids is 3. The Labute approximate surface area is 237 Å². The third-order valence-corrected chi connectivity index (χ3v) is 8.19. The maximum atomic E-state index is 14.7. The van der Waals surface area contributed by atoms with Crippen molar-refractivity contribution in [3.63, 3.8) is 0 Å². The smallest absolute Gasteiger partial charge is 0.255 e. The topological polar surface area (TPSA) is 83.3 Å². The summed E-state index contributed by atoms with van der Waals surface area (Å²) in [5, 5.41) is 2.32. The van der Waals surface area contributed by atoms with Crippen molar-refractivity contribution >= 4 is 23.4 Å². The predicted molar refractivity (Wildman–Crippen MR) is 149 cm³/mol. The predicted octanol–water partition coefficient (Wildman–Crippen LogP) is 5.31. The molecule has 3 amide bonds. The Morgan fingerprint density at radius 2 is 1.76 bits per heavy atom. The number of piperidine rings is 2. The van der Waals surface area contributed by atoms with Crippen LogP contribution in [0.3, 0.4) is 0 Å². The molecule has 3 aliphatic rings. The highest BCUT2D eigenvalue weighted by Crippen LogP contribution is 2.38. The molecule has 208 valence electrons. The zero-order valence-corrected chi connectivity index (χ0v) is 22.4. The number of benzene rings is 3.